The molecule has 0 unspecified atom stereocenters. The Bertz CT molecular complexity index is 892. The molecule has 0 saturated heterocycles. The highest BCUT2D eigenvalue weighted by molar-refractivity contribution is 6.39. The minimum absolute atomic E-state index is 0.0675. The fourth-order valence-corrected chi connectivity index (χ4v) is 2.90. The number of hydrogen-bond donors (Lipinski definition) is 4. The van der Waals surface area contributed by atoms with Crippen molar-refractivity contribution in [1.82, 2.24) is 0 Å². The molecule has 7 nitrogen and oxygen atoms in total. The Morgan fingerprint density at radius 3 is 2.10 bits per heavy atom. The van der Waals surface area contributed by atoms with Gasteiger partial charge < -0.3 is 22.5 Å². The molecule has 0 heterocycles. The molecule has 0 fully saturated rings. The molecule has 2 aromatic carbocycles. The van der Waals surface area contributed by atoms with Crippen LogP contribution in [-0.2, 0) is 22.4 Å². The number of halogens is 2. The Kier molecular flexibility index (Phi) is 11.1. The maximum Gasteiger partial charge on any atom is 0.313 e. The van der Waals surface area contributed by atoms with E-state index in [0.717, 1.165) is 25.5 Å². The van der Waals surface area contributed by atoms with Gasteiger partial charge in [0.15, 0.2) is 5.96 Å². The Balaban J connectivity index is 0.000000275. The van der Waals surface area contributed by atoms with E-state index in [-0.39, 0.29) is 16.7 Å². The average molecular weight is 450 g/mol. The van der Waals surface area contributed by atoms with Crippen LogP contribution < -0.4 is 22.5 Å². The van der Waals surface area contributed by atoms with Crippen molar-refractivity contribution in [2.24, 2.45) is 28.1 Å². The minimum Gasteiger partial charge on any atom is -0.370 e. The number of hydrogen-bond acceptors (Lipinski definition) is 3. The first-order valence-electron chi connectivity index (χ1n) is 9.85. The molecule has 1 aliphatic carbocycles. The first kappa shape index (κ1) is 25.9. The molecule has 1 aliphatic rings. The van der Waals surface area contributed by atoms with Crippen molar-refractivity contribution in [3.05, 3.63) is 64.4 Å². The largest absolute Gasteiger partial charge is 0.370 e. The van der Waals surface area contributed by atoms with Crippen LogP contribution in [0.4, 0.5) is 10.1 Å². The molecule has 2 aromatic rings. The van der Waals surface area contributed by atoms with Gasteiger partial charge in [-0.25, -0.2) is 4.39 Å². The van der Waals surface area contributed by atoms with Gasteiger partial charge in [0.05, 0.1) is 5.02 Å². The van der Waals surface area contributed by atoms with E-state index < -0.39 is 17.6 Å². The number of carbonyl (C=O) groups is 2. The fraction of sp³-hybridized carbons (Fsp3) is 0.318. The minimum atomic E-state index is -1.14. The van der Waals surface area contributed by atoms with E-state index in [2.05, 4.69) is 54.2 Å². The highest BCUT2D eigenvalue weighted by Crippen LogP contribution is 2.26. The zero-order valence-electron chi connectivity index (χ0n) is 17.7. The topological polar surface area (TPSA) is 137 Å². The summed E-state index contributed by atoms with van der Waals surface area (Å²) in [6.45, 7) is 5.00. The van der Waals surface area contributed by atoms with Crippen LogP contribution in [0.5, 0.6) is 0 Å². The highest BCUT2D eigenvalue weighted by atomic mass is 35.5. The highest BCUT2D eigenvalue weighted by Gasteiger charge is 2.20. The zero-order valence-corrected chi connectivity index (χ0v) is 18.5. The number of guanidine groups is 1. The van der Waals surface area contributed by atoms with E-state index in [1.54, 1.807) is 0 Å². The molecule has 2 amide bonds. The van der Waals surface area contributed by atoms with Crippen molar-refractivity contribution in [2.45, 2.75) is 33.1 Å². The zero-order chi connectivity index (χ0) is 23.4. The predicted octanol–water partition coefficient (Wildman–Crippen LogP) is 2.99. The Hall–Kier alpha value is -3.13. The molecule has 0 radical (unpaired) electrons. The van der Waals surface area contributed by atoms with Crippen LogP contribution in [0.25, 0.3) is 0 Å². The number of nitrogens with zero attached hydrogens (tertiary/aromatic N) is 1. The quantitative estimate of drug-likeness (QED) is 0.325. The lowest BCUT2D eigenvalue weighted by Gasteiger charge is -2.03. The van der Waals surface area contributed by atoms with E-state index in [4.69, 9.17) is 23.1 Å². The van der Waals surface area contributed by atoms with Gasteiger partial charge in [0, 0.05) is 12.2 Å². The van der Waals surface area contributed by atoms with Gasteiger partial charge in [0.2, 0.25) is 0 Å². The van der Waals surface area contributed by atoms with Gasteiger partial charge in [-0.3, -0.25) is 14.6 Å². The van der Waals surface area contributed by atoms with Crippen molar-refractivity contribution in [2.75, 3.05) is 11.9 Å². The lowest BCUT2D eigenvalue weighted by molar-refractivity contribution is -0.134. The molecular weight excluding hydrogens is 421 g/mol. The van der Waals surface area contributed by atoms with Gasteiger partial charge in [0.1, 0.15) is 5.82 Å². The number of rotatable bonds is 3. The third-order valence-electron chi connectivity index (χ3n) is 4.07. The van der Waals surface area contributed by atoms with Crippen LogP contribution in [0, 0.1) is 11.7 Å². The number of benzene rings is 2. The second-order valence-corrected chi connectivity index (χ2v) is 7.37. The monoisotopic (exact) mass is 449 g/mol. The van der Waals surface area contributed by atoms with Crippen LogP contribution >= 0.6 is 11.6 Å². The van der Waals surface area contributed by atoms with Gasteiger partial charge >= 0.3 is 11.8 Å². The first-order chi connectivity index (χ1) is 14.7. The lowest BCUT2D eigenvalue weighted by atomic mass is 10.1. The fourth-order valence-electron chi connectivity index (χ4n) is 2.78. The summed E-state index contributed by atoms with van der Waals surface area (Å²) in [5, 5.41) is 2.03. The molecule has 31 heavy (non-hydrogen) atoms. The average Bonchev–Trinajstić information content (AvgIpc) is 3.13. The molecule has 3 rings (SSSR count). The molecule has 7 N–H and O–H groups in total. The standard InChI is InChI=1S/C11H15N3.C8H6ClFN2O2.C3H8/c12-11(13)14-7-8-5-9-3-1-2-4-10(9)6-8;9-5-2-1-4(3-6(5)10)12-8(14)7(11)13;1-3-2/h1-4,8H,5-7H2,(H4,12,13,14);1-3H,(H2,11,13)(H,12,14);3H2,1-2H3. The van der Waals surface area contributed by atoms with Gasteiger partial charge in [-0.2, -0.15) is 0 Å². The number of aliphatic imine (C=N–C) groups is 1. The molecular formula is C22H29ClFN5O2. The second kappa shape index (κ2) is 13.2. The summed E-state index contributed by atoms with van der Waals surface area (Å²) >= 11 is 5.40. The van der Waals surface area contributed by atoms with E-state index in [1.807, 2.05) is 0 Å². The van der Waals surface area contributed by atoms with E-state index >= 15 is 0 Å². The van der Waals surface area contributed by atoms with Crippen LogP contribution in [0.2, 0.25) is 5.02 Å². The second-order valence-electron chi connectivity index (χ2n) is 6.96. The summed E-state index contributed by atoms with van der Waals surface area (Å²) in [4.78, 5) is 25.2. The molecule has 0 atom stereocenters. The van der Waals surface area contributed by atoms with E-state index in [9.17, 15) is 14.0 Å². The maximum absolute atomic E-state index is 12.8. The Morgan fingerprint density at radius 2 is 1.65 bits per heavy atom. The molecule has 0 aromatic heterocycles. The van der Waals surface area contributed by atoms with Crippen molar-refractivity contribution in [1.29, 1.82) is 0 Å². The van der Waals surface area contributed by atoms with E-state index in [1.165, 1.54) is 29.7 Å². The summed E-state index contributed by atoms with van der Waals surface area (Å²) in [5.74, 6) is -2.06. The Morgan fingerprint density at radius 1 is 1.10 bits per heavy atom. The lowest BCUT2D eigenvalue weighted by Crippen LogP contribution is -2.29. The van der Waals surface area contributed by atoms with Crippen molar-refractivity contribution in [3.8, 4) is 0 Å². The van der Waals surface area contributed by atoms with Gasteiger partial charge in [-0.1, -0.05) is 56.1 Å². The predicted molar refractivity (Wildman–Crippen MR) is 123 cm³/mol. The molecule has 0 spiro atoms. The van der Waals surface area contributed by atoms with Gasteiger partial charge in [-0.15, -0.1) is 0 Å². The van der Waals surface area contributed by atoms with Crippen LogP contribution in [0.3, 0.4) is 0 Å². The third kappa shape index (κ3) is 9.48. The molecule has 9 heteroatoms. The molecule has 0 aliphatic heterocycles. The van der Waals surface area contributed by atoms with Gasteiger partial charge in [-0.05, 0) is 48.1 Å². The van der Waals surface area contributed by atoms with Crippen LogP contribution in [-0.4, -0.2) is 24.3 Å². The normalized spacial score (nSPS) is 11.7. The summed E-state index contributed by atoms with van der Waals surface area (Å²) in [7, 11) is 0. The molecule has 0 saturated carbocycles. The van der Waals surface area contributed by atoms with Gasteiger partial charge in [0.25, 0.3) is 0 Å². The van der Waals surface area contributed by atoms with Crippen molar-refractivity contribution < 1.29 is 14.0 Å². The van der Waals surface area contributed by atoms with Crippen molar-refractivity contribution in [3.63, 3.8) is 0 Å². The number of carbonyl (C=O) groups excluding carboxylic acids is 2. The number of fused-ring (bicyclic) bond motifs is 1. The van der Waals surface area contributed by atoms with Crippen LogP contribution in [0.1, 0.15) is 31.4 Å². The number of nitrogens with two attached hydrogens (primary N) is 3. The summed E-state index contributed by atoms with van der Waals surface area (Å²) in [6.07, 6.45) is 3.46. The number of amides is 2. The molecule has 0 bridgehead atoms. The molecule has 168 valence electrons. The third-order valence-corrected chi connectivity index (χ3v) is 4.38. The van der Waals surface area contributed by atoms with Crippen molar-refractivity contribution >= 4 is 35.1 Å². The van der Waals surface area contributed by atoms with E-state index in [0.29, 0.717) is 5.92 Å². The summed E-state index contributed by atoms with van der Waals surface area (Å²) in [6, 6.07) is 12.1. The SMILES string of the molecule is CCC.NC(=O)C(=O)Nc1ccc(Cl)c(F)c1.NC(N)=NCC1Cc2ccccc2C1. The smallest absolute Gasteiger partial charge is 0.313 e. The Labute approximate surface area is 186 Å². The first-order valence-corrected chi connectivity index (χ1v) is 10.2. The summed E-state index contributed by atoms with van der Waals surface area (Å²) < 4.78 is 12.8. The number of anilines is 1. The summed E-state index contributed by atoms with van der Waals surface area (Å²) in [5.41, 5.74) is 18.3. The number of primary amides is 1. The maximum atomic E-state index is 12.8. The number of nitrogens with one attached hydrogen (secondary N) is 1. The van der Waals surface area contributed by atoms with Crippen LogP contribution in [0.15, 0.2) is 47.5 Å².